The maximum absolute atomic E-state index is 12.7. The molecule has 0 unspecified atom stereocenters. The number of pyridine rings is 1. The van der Waals surface area contributed by atoms with Gasteiger partial charge >= 0.3 is 6.18 Å². The molecule has 2 aromatic heterocycles. The number of halogens is 3. The van der Waals surface area contributed by atoms with E-state index in [-0.39, 0.29) is 25.3 Å². The topological polar surface area (TPSA) is 68.0 Å². The summed E-state index contributed by atoms with van der Waals surface area (Å²) in [7, 11) is 0. The van der Waals surface area contributed by atoms with Crippen LogP contribution in [0.1, 0.15) is 51.5 Å². The van der Waals surface area contributed by atoms with Crippen molar-refractivity contribution in [1.29, 1.82) is 0 Å². The Morgan fingerprint density at radius 1 is 1.17 bits per heavy atom. The monoisotopic (exact) mass is 405 g/mol. The zero-order valence-corrected chi connectivity index (χ0v) is 16.5. The van der Waals surface area contributed by atoms with Crippen molar-refractivity contribution >= 4 is 17.0 Å². The second-order valence-corrected chi connectivity index (χ2v) is 7.15. The first kappa shape index (κ1) is 20.8. The number of hydrogen-bond donors (Lipinski definition) is 1. The zero-order chi connectivity index (χ0) is 21.2. The number of benzene rings is 1. The Hall–Kier alpha value is -2.90. The number of rotatable bonds is 6. The average Bonchev–Trinajstić information content (AvgIpc) is 2.98. The zero-order valence-electron chi connectivity index (χ0n) is 16.5. The van der Waals surface area contributed by atoms with Crippen LogP contribution in [0, 0.1) is 20.8 Å². The number of hydrogen-bond acceptors (Lipinski definition) is 4. The van der Waals surface area contributed by atoms with Crippen LogP contribution < -0.4 is 5.32 Å². The average molecular weight is 405 g/mol. The third-order valence-electron chi connectivity index (χ3n) is 4.59. The van der Waals surface area contributed by atoms with Gasteiger partial charge in [-0.15, -0.1) is 0 Å². The summed E-state index contributed by atoms with van der Waals surface area (Å²) in [5, 5.41) is 2.85. The molecular formula is C21H22F3N3O2. The second kappa shape index (κ2) is 8.23. The van der Waals surface area contributed by atoms with E-state index in [2.05, 4.69) is 15.3 Å². The molecule has 0 radical (unpaired) electrons. The number of carbonyl (C=O) groups excluding carboxylic acids is 1. The number of nitrogens with zero attached hydrogens (tertiary/aromatic N) is 2. The van der Waals surface area contributed by atoms with Crippen LogP contribution in [0.2, 0.25) is 0 Å². The highest BCUT2D eigenvalue weighted by Gasteiger charge is 2.26. The van der Waals surface area contributed by atoms with E-state index in [1.807, 2.05) is 19.9 Å². The lowest BCUT2D eigenvalue weighted by Crippen LogP contribution is -2.23. The van der Waals surface area contributed by atoms with Crippen molar-refractivity contribution in [2.45, 2.75) is 52.8 Å². The molecule has 0 aliphatic heterocycles. The van der Waals surface area contributed by atoms with Crippen LogP contribution >= 0.6 is 0 Å². The van der Waals surface area contributed by atoms with Crippen molar-refractivity contribution in [3.8, 4) is 0 Å². The molecule has 0 aliphatic carbocycles. The standard InChI is InChI=1S/C21H22F3N3O2/c1-12-7-17(19-18(8-12)27-14(3)29-19)20(28)26-11-15-10-25-16(9-13(15)2)5-4-6-21(22,23)24/h7-10H,4-6,11H2,1-3H3,(H,26,28). The molecule has 29 heavy (non-hydrogen) atoms. The molecule has 8 heteroatoms. The number of nitrogens with one attached hydrogen (secondary N) is 1. The molecule has 0 bridgehead atoms. The number of carbonyl (C=O) groups is 1. The number of fused-ring (bicyclic) bond motifs is 1. The van der Waals surface area contributed by atoms with Crippen molar-refractivity contribution < 1.29 is 22.4 Å². The molecule has 1 N–H and O–H groups in total. The Bertz CT molecular complexity index is 1040. The molecular weight excluding hydrogens is 383 g/mol. The first-order chi connectivity index (χ1) is 13.6. The van der Waals surface area contributed by atoms with E-state index in [1.54, 1.807) is 25.3 Å². The Labute approximate surface area is 166 Å². The Kier molecular flexibility index (Phi) is 5.91. The first-order valence-electron chi connectivity index (χ1n) is 9.29. The summed E-state index contributed by atoms with van der Waals surface area (Å²) >= 11 is 0. The lowest BCUT2D eigenvalue weighted by atomic mass is 10.1. The molecule has 154 valence electrons. The van der Waals surface area contributed by atoms with Crippen molar-refractivity contribution in [1.82, 2.24) is 15.3 Å². The van der Waals surface area contributed by atoms with Gasteiger partial charge in [0, 0.05) is 31.8 Å². The second-order valence-electron chi connectivity index (χ2n) is 7.15. The molecule has 3 aromatic rings. The quantitative estimate of drug-likeness (QED) is 0.629. The van der Waals surface area contributed by atoms with E-state index in [0.29, 0.717) is 28.2 Å². The van der Waals surface area contributed by atoms with Crippen LogP contribution in [-0.2, 0) is 13.0 Å². The number of oxazole rings is 1. The highest BCUT2D eigenvalue weighted by atomic mass is 19.4. The van der Waals surface area contributed by atoms with Gasteiger partial charge in [0.25, 0.3) is 5.91 Å². The van der Waals surface area contributed by atoms with Gasteiger partial charge in [0.1, 0.15) is 5.52 Å². The van der Waals surface area contributed by atoms with E-state index in [1.165, 1.54) is 0 Å². The van der Waals surface area contributed by atoms with E-state index >= 15 is 0 Å². The van der Waals surface area contributed by atoms with Crippen molar-refractivity contribution in [2.24, 2.45) is 0 Å². The summed E-state index contributed by atoms with van der Waals surface area (Å²) in [4.78, 5) is 21.2. The number of alkyl halides is 3. The van der Waals surface area contributed by atoms with Gasteiger partial charge in [-0.25, -0.2) is 4.98 Å². The normalized spacial score (nSPS) is 11.8. The number of aryl methyl sites for hydroxylation is 4. The van der Waals surface area contributed by atoms with E-state index in [4.69, 9.17) is 4.42 Å². The minimum atomic E-state index is -4.15. The third-order valence-corrected chi connectivity index (χ3v) is 4.59. The highest BCUT2D eigenvalue weighted by molar-refractivity contribution is 6.04. The molecule has 1 aromatic carbocycles. The SMILES string of the molecule is Cc1cc(C(=O)NCc2cnc(CCCC(F)(F)F)cc2C)c2oc(C)nc2c1. The Morgan fingerprint density at radius 2 is 1.93 bits per heavy atom. The largest absolute Gasteiger partial charge is 0.440 e. The summed E-state index contributed by atoms with van der Waals surface area (Å²) in [6.45, 7) is 5.71. The van der Waals surface area contributed by atoms with Crippen LogP contribution in [0.4, 0.5) is 13.2 Å². The number of aromatic nitrogens is 2. The van der Waals surface area contributed by atoms with Crippen LogP contribution in [-0.4, -0.2) is 22.1 Å². The first-order valence-corrected chi connectivity index (χ1v) is 9.29. The van der Waals surface area contributed by atoms with Gasteiger partial charge in [-0.2, -0.15) is 13.2 Å². The smallest absolute Gasteiger partial charge is 0.389 e. The Morgan fingerprint density at radius 3 is 2.62 bits per heavy atom. The van der Waals surface area contributed by atoms with Crippen molar-refractivity contribution in [3.05, 3.63) is 58.2 Å². The Balaban J connectivity index is 1.66. The predicted octanol–water partition coefficient (Wildman–Crippen LogP) is 4.96. The lowest BCUT2D eigenvalue weighted by molar-refractivity contribution is -0.135. The molecule has 0 saturated carbocycles. The molecule has 0 aliphatic rings. The fourth-order valence-electron chi connectivity index (χ4n) is 3.16. The third kappa shape index (κ3) is 5.34. The van der Waals surface area contributed by atoms with Crippen LogP contribution in [0.25, 0.3) is 11.1 Å². The van der Waals surface area contributed by atoms with Crippen LogP contribution in [0.15, 0.2) is 28.8 Å². The molecule has 3 rings (SSSR count). The fourth-order valence-corrected chi connectivity index (χ4v) is 3.16. The maximum Gasteiger partial charge on any atom is 0.389 e. The van der Waals surface area contributed by atoms with Gasteiger partial charge in [0.05, 0.1) is 5.56 Å². The van der Waals surface area contributed by atoms with Gasteiger partial charge in [0.15, 0.2) is 11.5 Å². The predicted molar refractivity (Wildman–Crippen MR) is 103 cm³/mol. The summed E-state index contributed by atoms with van der Waals surface area (Å²) in [5.74, 6) is 0.198. The van der Waals surface area contributed by atoms with Gasteiger partial charge in [-0.05, 0) is 61.6 Å². The van der Waals surface area contributed by atoms with Crippen molar-refractivity contribution in [2.75, 3.05) is 0 Å². The van der Waals surface area contributed by atoms with Crippen LogP contribution in [0.5, 0.6) is 0 Å². The van der Waals surface area contributed by atoms with Crippen molar-refractivity contribution in [3.63, 3.8) is 0 Å². The molecule has 2 heterocycles. The lowest BCUT2D eigenvalue weighted by Gasteiger charge is -2.10. The minimum Gasteiger partial charge on any atom is -0.440 e. The highest BCUT2D eigenvalue weighted by Crippen LogP contribution is 2.23. The molecule has 5 nitrogen and oxygen atoms in total. The summed E-state index contributed by atoms with van der Waals surface area (Å²) in [6.07, 6.45) is -3.10. The molecule has 0 spiro atoms. The summed E-state index contributed by atoms with van der Waals surface area (Å²) < 4.78 is 42.4. The molecule has 1 amide bonds. The minimum absolute atomic E-state index is 0.00593. The molecule has 0 saturated heterocycles. The van der Waals surface area contributed by atoms with Gasteiger partial charge < -0.3 is 9.73 Å². The summed E-state index contributed by atoms with van der Waals surface area (Å²) in [6, 6.07) is 5.37. The molecule has 0 atom stereocenters. The number of amides is 1. The molecule has 0 fully saturated rings. The van der Waals surface area contributed by atoms with Gasteiger partial charge in [-0.1, -0.05) is 0 Å². The van der Waals surface area contributed by atoms with Crippen LogP contribution in [0.3, 0.4) is 0 Å². The summed E-state index contributed by atoms with van der Waals surface area (Å²) in [5.41, 5.74) is 4.67. The van der Waals surface area contributed by atoms with Gasteiger partial charge in [0.2, 0.25) is 0 Å². The van der Waals surface area contributed by atoms with Gasteiger partial charge in [-0.3, -0.25) is 9.78 Å². The fraction of sp³-hybridized carbons (Fsp3) is 0.381. The van der Waals surface area contributed by atoms with E-state index in [9.17, 15) is 18.0 Å². The maximum atomic E-state index is 12.7. The van der Waals surface area contributed by atoms with E-state index < -0.39 is 12.6 Å². The van der Waals surface area contributed by atoms with E-state index in [0.717, 1.165) is 16.7 Å².